The van der Waals surface area contributed by atoms with E-state index in [2.05, 4.69) is 14.7 Å². The highest BCUT2D eigenvalue weighted by Gasteiger charge is 2.27. The fourth-order valence-electron chi connectivity index (χ4n) is 0.968. The van der Waals surface area contributed by atoms with Gasteiger partial charge in [0.1, 0.15) is 12.5 Å². The summed E-state index contributed by atoms with van der Waals surface area (Å²) in [6.45, 7) is -0.0301. The maximum Gasteiger partial charge on any atom is 0.202 e. The van der Waals surface area contributed by atoms with E-state index < -0.39 is 0 Å². The molecule has 1 aliphatic rings. The van der Waals surface area contributed by atoms with Gasteiger partial charge in [-0.15, -0.1) is 0 Å². The van der Waals surface area contributed by atoms with Crippen LogP contribution in [0, 0.1) is 0 Å². The Bertz CT molecular complexity index is 259. The molecule has 0 bridgehead atoms. The highest BCUT2D eigenvalue weighted by molar-refractivity contribution is 7.09. The number of nitrogens with one attached hydrogen (secondary N) is 1. The van der Waals surface area contributed by atoms with Crippen LogP contribution in [0.3, 0.4) is 0 Å². The van der Waals surface area contributed by atoms with Crippen LogP contribution in [-0.2, 0) is 0 Å². The van der Waals surface area contributed by atoms with E-state index >= 15 is 0 Å². The Morgan fingerprint density at radius 3 is 3.08 bits per heavy atom. The maximum atomic E-state index is 11.8. The third kappa shape index (κ3) is 1.72. The molecule has 0 aliphatic heterocycles. The van der Waals surface area contributed by atoms with E-state index in [1.165, 1.54) is 24.4 Å². The summed E-state index contributed by atoms with van der Waals surface area (Å²) in [6, 6.07) is 0. The molecule has 0 unspecified atom stereocenters. The molecule has 0 spiro atoms. The van der Waals surface area contributed by atoms with E-state index in [1.54, 1.807) is 0 Å². The topological polar surface area (TPSA) is 37.8 Å². The monoisotopic (exact) mass is 187 g/mol. The third-order valence-electron chi connectivity index (χ3n) is 1.75. The molecule has 0 radical (unpaired) electrons. The number of nitrogens with zero attached hydrogens (tertiary/aromatic N) is 2. The fourth-order valence-corrected chi connectivity index (χ4v) is 1.64. The van der Waals surface area contributed by atoms with E-state index in [-0.39, 0.29) is 6.67 Å². The molecule has 1 fully saturated rings. The molecule has 0 aromatic carbocycles. The predicted molar refractivity (Wildman–Crippen MR) is 46.3 cm³/mol. The van der Waals surface area contributed by atoms with Crippen LogP contribution < -0.4 is 5.32 Å². The van der Waals surface area contributed by atoms with Crippen molar-refractivity contribution in [1.29, 1.82) is 0 Å². The highest BCUT2D eigenvalue weighted by atomic mass is 32.1. The van der Waals surface area contributed by atoms with Gasteiger partial charge in [-0.25, -0.2) is 9.37 Å². The second-order valence-electron chi connectivity index (χ2n) is 2.85. The van der Waals surface area contributed by atoms with Crippen LogP contribution in [0.4, 0.5) is 9.52 Å². The van der Waals surface area contributed by atoms with E-state index in [0.717, 1.165) is 11.0 Å². The second-order valence-corrected chi connectivity index (χ2v) is 3.60. The summed E-state index contributed by atoms with van der Waals surface area (Å²) in [5.74, 6) is 1.52. The van der Waals surface area contributed by atoms with E-state index in [9.17, 15) is 4.39 Å². The maximum absolute atomic E-state index is 11.8. The molecule has 5 heteroatoms. The van der Waals surface area contributed by atoms with Crippen molar-refractivity contribution in [2.45, 2.75) is 18.8 Å². The van der Waals surface area contributed by atoms with Crippen molar-refractivity contribution < 1.29 is 4.39 Å². The summed E-state index contributed by atoms with van der Waals surface area (Å²) in [7, 11) is 0. The lowest BCUT2D eigenvalue weighted by atomic mass is 10.4. The zero-order chi connectivity index (χ0) is 8.39. The Balaban J connectivity index is 1.93. The first-order valence-corrected chi connectivity index (χ1v) is 4.81. The summed E-state index contributed by atoms with van der Waals surface area (Å²) in [5.41, 5.74) is 0. The van der Waals surface area contributed by atoms with Crippen molar-refractivity contribution in [3.63, 3.8) is 0 Å². The Hall–Kier alpha value is -0.710. The number of rotatable bonds is 4. The molecule has 3 nitrogen and oxygen atoms in total. The molecule has 1 aliphatic carbocycles. The standard InChI is InChI=1S/C7H10FN3S/c8-3-4-9-7-10-6(11-12-7)5-1-2-5/h5H,1-4H2,(H,9,10,11). The summed E-state index contributed by atoms with van der Waals surface area (Å²) in [6.07, 6.45) is 2.42. The SMILES string of the molecule is FCCNc1nc(C2CC2)ns1. The Morgan fingerprint density at radius 1 is 1.58 bits per heavy atom. The van der Waals surface area contributed by atoms with Gasteiger partial charge in [0, 0.05) is 24.0 Å². The number of hydrogen-bond acceptors (Lipinski definition) is 4. The zero-order valence-corrected chi connectivity index (χ0v) is 7.40. The molecule has 0 amide bonds. The minimum absolute atomic E-state index is 0.333. The molecule has 1 heterocycles. The quantitative estimate of drug-likeness (QED) is 0.781. The molecule has 12 heavy (non-hydrogen) atoms. The zero-order valence-electron chi connectivity index (χ0n) is 6.59. The Morgan fingerprint density at radius 2 is 2.42 bits per heavy atom. The van der Waals surface area contributed by atoms with Gasteiger partial charge >= 0.3 is 0 Å². The second kappa shape index (κ2) is 3.35. The van der Waals surface area contributed by atoms with Crippen LogP contribution in [0.1, 0.15) is 24.6 Å². The fraction of sp³-hybridized carbons (Fsp3) is 0.714. The molecule has 1 aromatic rings. The number of alkyl halides is 1. The van der Waals surface area contributed by atoms with E-state index in [1.807, 2.05) is 0 Å². The van der Waals surface area contributed by atoms with Gasteiger partial charge in [-0.2, -0.15) is 4.37 Å². The lowest BCUT2D eigenvalue weighted by Gasteiger charge is -1.93. The number of halogens is 1. The highest BCUT2D eigenvalue weighted by Crippen LogP contribution is 2.39. The first kappa shape index (κ1) is 7.91. The molecule has 66 valence electrons. The lowest BCUT2D eigenvalue weighted by Crippen LogP contribution is -2.02. The van der Waals surface area contributed by atoms with Gasteiger partial charge in [0.05, 0.1) is 0 Å². The Labute approximate surface area is 74.2 Å². The molecule has 1 N–H and O–H groups in total. The van der Waals surface area contributed by atoms with Crippen molar-refractivity contribution in [2.75, 3.05) is 18.5 Å². The average Bonchev–Trinajstić information content (AvgIpc) is 2.83. The van der Waals surface area contributed by atoms with Crippen molar-refractivity contribution in [3.8, 4) is 0 Å². The van der Waals surface area contributed by atoms with Crippen LogP contribution in [-0.4, -0.2) is 22.6 Å². The van der Waals surface area contributed by atoms with Crippen LogP contribution in [0.5, 0.6) is 0 Å². The molecular weight excluding hydrogens is 177 g/mol. The first-order valence-electron chi connectivity index (χ1n) is 4.03. The molecule has 0 atom stereocenters. The van der Waals surface area contributed by atoms with Gasteiger partial charge < -0.3 is 5.32 Å². The minimum atomic E-state index is -0.363. The van der Waals surface area contributed by atoms with Crippen LogP contribution in [0.15, 0.2) is 0 Å². The molecule has 1 aromatic heterocycles. The molecular formula is C7H10FN3S. The minimum Gasteiger partial charge on any atom is -0.358 e. The normalized spacial score (nSPS) is 16.4. The summed E-state index contributed by atoms with van der Waals surface area (Å²) >= 11 is 1.32. The average molecular weight is 187 g/mol. The number of hydrogen-bond donors (Lipinski definition) is 1. The van der Waals surface area contributed by atoms with Gasteiger partial charge in [-0.1, -0.05) is 0 Å². The summed E-state index contributed by atoms with van der Waals surface area (Å²) in [5, 5.41) is 3.61. The first-order chi connectivity index (χ1) is 5.90. The third-order valence-corrected chi connectivity index (χ3v) is 2.44. The smallest absolute Gasteiger partial charge is 0.202 e. The van der Waals surface area contributed by atoms with Crippen LogP contribution in [0.25, 0.3) is 0 Å². The van der Waals surface area contributed by atoms with Gasteiger partial charge in [0.2, 0.25) is 5.13 Å². The van der Waals surface area contributed by atoms with E-state index in [0.29, 0.717) is 12.5 Å². The number of aromatic nitrogens is 2. The summed E-state index contributed by atoms with van der Waals surface area (Å²) < 4.78 is 15.9. The predicted octanol–water partition coefficient (Wildman–Crippen LogP) is 1.80. The molecule has 2 rings (SSSR count). The number of anilines is 1. The molecule has 0 saturated heterocycles. The van der Waals surface area contributed by atoms with E-state index in [4.69, 9.17) is 0 Å². The van der Waals surface area contributed by atoms with Crippen LogP contribution in [0.2, 0.25) is 0 Å². The Kier molecular flexibility index (Phi) is 2.21. The molecule has 1 saturated carbocycles. The van der Waals surface area contributed by atoms with Gasteiger partial charge in [0.25, 0.3) is 0 Å². The van der Waals surface area contributed by atoms with Crippen molar-refractivity contribution in [2.24, 2.45) is 0 Å². The van der Waals surface area contributed by atoms with Crippen molar-refractivity contribution in [1.82, 2.24) is 9.36 Å². The van der Waals surface area contributed by atoms with Gasteiger partial charge in [-0.3, -0.25) is 0 Å². The summed E-state index contributed by atoms with van der Waals surface area (Å²) in [4.78, 5) is 4.24. The van der Waals surface area contributed by atoms with Gasteiger partial charge in [-0.05, 0) is 12.8 Å². The van der Waals surface area contributed by atoms with Crippen molar-refractivity contribution in [3.05, 3.63) is 5.82 Å². The van der Waals surface area contributed by atoms with Crippen LogP contribution >= 0.6 is 11.5 Å². The van der Waals surface area contributed by atoms with Crippen molar-refractivity contribution >= 4 is 16.7 Å². The largest absolute Gasteiger partial charge is 0.358 e. The van der Waals surface area contributed by atoms with Gasteiger partial charge in [0.15, 0.2) is 0 Å². The lowest BCUT2D eigenvalue weighted by molar-refractivity contribution is 0.512.